The van der Waals surface area contributed by atoms with E-state index in [1.54, 1.807) is 0 Å². The van der Waals surface area contributed by atoms with Gasteiger partial charge in [-0.05, 0) is 18.8 Å². The van der Waals surface area contributed by atoms with E-state index in [4.69, 9.17) is 5.73 Å². The second-order valence-corrected chi connectivity index (χ2v) is 3.44. The van der Waals surface area contributed by atoms with Gasteiger partial charge in [0.05, 0.1) is 6.54 Å². The van der Waals surface area contributed by atoms with Gasteiger partial charge in [0.1, 0.15) is 0 Å². The van der Waals surface area contributed by atoms with Gasteiger partial charge < -0.3 is 10.6 Å². The Morgan fingerprint density at radius 3 is 2.50 bits per heavy atom. The number of likely N-dealkylation sites (tertiary alicyclic amines) is 1. The Bertz CT molecular complexity index is 151. The molecule has 12 heavy (non-hydrogen) atoms. The van der Waals surface area contributed by atoms with E-state index in [-0.39, 0.29) is 12.5 Å². The summed E-state index contributed by atoms with van der Waals surface area (Å²) in [5, 5.41) is 0. The van der Waals surface area contributed by atoms with Crippen molar-refractivity contribution in [2.45, 2.75) is 26.2 Å². The predicted molar refractivity (Wildman–Crippen MR) is 48.6 cm³/mol. The maximum atomic E-state index is 11.2. The molecule has 3 heteroatoms. The molecular weight excluding hydrogens is 152 g/mol. The number of hydrogen-bond acceptors (Lipinski definition) is 2. The van der Waals surface area contributed by atoms with E-state index < -0.39 is 0 Å². The molecule has 1 saturated heterocycles. The van der Waals surface area contributed by atoms with Crippen LogP contribution in [-0.2, 0) is 4.79 Å². The molecule has 0 aromatic carbocycles. The Balaban J connectivity index is 2.30. The molecule has 0 spiro atoms. The number of hydrogen-bond donors (Lipinski definition) is 1. The van der Waals surface area contributed by atoms with Crippen molar-refractivity contribution in [3.63, 3.8) is 0 Å². The van der Waals surface area contributed by atoms with Gasteiger partial charge in [-0.25, -0.2) is 0 Å². The Labute approximate surface area is 73.9 Å². The molecule has 70 valence electrons. The summed E-state index contributed by atoms with van der Waals surface area (Å²) in [6, 6.07) is 0. The molecular formula is C9H18N2O. The largest absolute Gasteiger partial charge is 0.342 e. The van der Waals surface area contributed by atoms with Crippen molar-refractivity contribution < 1.29 is 4.79 Å². The fraction of sp³-hybridized carbons (Fsp3) is 0.889. The first-order valence-corrected chi connectivity index (χ1v) is 4.75. The van der Waals surface area contributed by atoms with Gasteiger partial charge in [0.15, 0.2) is 0 Å². The maximum Gasteiger partial charge on any atom is 0.236 e. The van der Waals surface area contributed by atoms with Crippen LogP contribution in [0.4, 0.5) is 0 Å². The molecule has 0 radical (unpaired) electrons. The van der Waals surface area contributed by atoms with Crippen molar-refractivity contribution in [3.05, 3.63) is 0 Å². The highest BCUT2D eigenvalue weighted by atomic mass is 16.2. The Morgan fingerprint density at radius 1 is 1.50 bits per heavy atom. The summed E-state index contributed by atoms with van der Waals surface area (Å²) in [6.45, 7) is 4.20. The number of carbonyl (C=O) groups excluding carboxylic acids is 1. The quantitative estimate of drug-likeness (QED) is 0.659. The van der Waals surface area contributed by atoms with Gasteiger partial charge >= 0.3 is 0 Å². The third kappa shape index (κ3) is 2.21. The van der Waals surface area contributed by atoms with Gasteiger partial charge in [-0.1, -0.05) is 13.3 Å². The fourth-order valence-electron chi connectivity index (χ4n) is 1.72. The van der Waals surface area contributed by atoms with Crippen LogP contribution in [0.15, 0.2) is 0 Å². The van der Waals surface area contributed by atoms with Gasteiger partial charge in [0.25, 0.3) is 0 Å². The minimum atomic E-state index is 0.101. The van der Waals surface area contributed by atoms with Gasteiger partial charge in [0, 0.05) is 13.1 Å². The average Bonchev–Trinajstić information content (AvgIpc) is 2.17. The topological polar surface area (TPSA) is 46.3 Å². The van der Waals surface area contributed by atoms with Crippen molar-refractivity contribution in [2.24, 2.45) is 11.7 Å². The van der Waals surface area contributed by atoms with Crippen molar-refractivity contribution in [1.29, 1.82) is 0 Å². The van der Waals surface area contributed by atoms with E-state index in [1.165, 1.54) is 6.42 Å². The molecule has 1 aliphatic rings. The second-order valence-electron chi connectivity index (χ2n) is 3.44. The van der Waals surface area contributed by atoms with Crippen molar-refractivity contribution >= 4 is 5.91 Å². The zero-order valence-corrected chi connectivity index (χ0v) is 7.75. The summed E-state index contributed by atoms with van der Waals surface area (Å²) in [5.74, 6) is 0.927. The molecule has 1 fully saturated rings. The first kappa shape index (κ1) is 9.52. The molecule has 1 aliphatic heterocycles. The first-order valence-electron chi connectivity index (χ1n) is 4.75. The van der Waals surface area contributed by atoms with Crippen LogP contribution in [0.1, 0.15) is 26.2 Å². The molecule has 0 saturated carbocycles. The fourth-order valence-corrected chi connectivity index (χ4v) is 1.72. The van der Waals surface area contributed by atoms with Gasteiger partial charge in [-0.3, -0.25) is 4.79 Å². The molecule has 0 bridgehead atoms. The number of nitrogens with two attached hydrogens (primary N) is 1. The monoisotopic (exact) mass is 170 g/mol. The van der Waals surface area contributed by atoms with E-state index in [1.807, 2.05) is 4.90 Å². The average molecular weight is 170 g/mol. The Hall–Kier alpha value is -0.570. The van der Waals surface area contributed by atoms with Gasteiger partial charge in [-0.2, -0.15) is 0 Å². The molecule has 0 aromatic heterocycles. The first-order chi connectivity index (χ1) is 5.77. The number of carbonyl (C=O) groups is 1. The molecule has 3 nitrogen and oxygen atoms in total. The highest BCUT2D eigenvalue weighted by molar-refractivity contribution is 5.78. The lowest BCUT2D eigenvalue weighted by molar-refractivity contribution is -0.131. The minimum Gasteiger partial charge on any atom is -0.342 e. The molecule has 0 unspecified atom stereocenters. The lowest BCUT2D eigenvalue weighted by Gasteiger charge is -2.31. The standard InChI is InChI=1S/C9H18N2O/c1-2-8-3-5-11(6-4-8)9(12)7-10/h8H,2-7,10H2,1H3. The van der Waals surface area contributed by atoms with Gasteiger partial charge in [-0.15, -0.1) is 0 Å². The molecule has 0 aromatic rings. The summed E-state index contributed by atoms with van der Waals surface area (Å²) in [5.41, 5.74) is 5.28. The van der Waals surface area contributed by atoms with Crippen LogP contribution in [0.5, 0.6) is 0 Å². The lowest BCUT2D eigenvalue weighted by atomic mass is 9.94. The van der Waals surface area contributed by atoms with E-state index in [9.17, 15) is 4.79 Å². The summed E-state index contributed by atoms with van der Waals surface area (Å²) < 4.78 is 0. The van der Waals surface area contributed by atoms with Crippen LogP contribution in [0.3, 0.4) is 0 Å². The molecule has 0 aliphatic carbocycles. The van der Waals surface area contributed by atoms with Crippen molar-refractivity contribution in [2.75, 3.05) is 19.6 Å². The lowest BCUT2D eigenvalue weighted by Crippen LogP contribution is -2.41. The van der Waals surface area contributed by atoms with E-state index in [2.05, 4.69) is 6.92 Å². The van der Waals surface area contributed by atoms with E-state index in [0.717, 1.165) is 31.8 Å². The molecule has 1 amide bonds. The van der Waals surface area contributed by atoms with Gasteiger partial charge in [0.2, 0.25) is 5.91 Å². The number of amides is 1. The van der Waals surface area contributed by atoms with E-state index in [0.29, 0.717) is 0 Å². The summed E-state index contributed by atoms with van der Waals surface area (Å²) in [6.07, 6.45) is 3.55. The molecule has 2 N–H and O–H groups in total. The maximum absolute atomic E-state index is 11.2. The smallest absolute Gasteiger partial charge is 0.236 e. The number of rotatable bonds is 2. The zero-order valence-electron chi connectivity index (χ0n) is 7.75. The van der Waals surface area contributed by atoms with Crippen LogP contribution in [-0.4, -0.2) is 30.4 Å². The highest BCUT2D eigenvalue weighted by Crippen LogP contribution is 2.19. The third-order valence-corrected chi connectivity index (χ3v) is 2.72. The van der Waals surface area contributed by atoms with Crippen LogP contribution >= 0.6 is 0 Å². The molecule has 0 atom stereocenters. The Morgan fingerprint density at radius 2 is 2.08 bits per heavy atom. The van der Waals surface area contributed by atoms with Crippen molar-refractivity contribution in [3.8, 4) is 0 Å². The second kappa shape index (κ2) is 4.45. The van der Waals surface area contributed by atoms with Crippen LogP contribution in [0.2, 0.25) is 0 Å². The Kier molecular flexibility index (Phi) is 3.53. The number of piperidine rings is 1. The number of nitrogens with zero attached hydrogens (tertiary/aromatic N) is 1. The summed E-state index contributed by atoms with van der Waals surface area (Å²) >= 11 is 0. The van der Waals surface area contributed by atoms with Crippen LogP contribution < -0.4 is 5.73 Å². The minimum absolute atomic E-state index is 0.101. The summed E-state index contributed by atoms with van der Waals surface area (Å²) in [4.78, 5) is 13.0. The molecule has 1 rings (SSSR count). The van der Waals surface area contributed by atoms with Crippen LogP contribution in [0, 0.1) is 5.92 Å². The normalized spacial score (nSPS) is 19.7. The van der Waals surface area contributed by atoms with Crippen LogP contribution in [0.25, 0.3) is 0 Å². The zero-order chi connectivity index (χ0) is 8.97. The highest BCUT2D eigenvalue weighted by Gasteiger charge is 2.20. The predicted octanol–water partition coefficient (Wildman–Crippen LogP) is 0.594. The summed E-state index contributed by atoms with van der Waals surface area (Å²) in [7, 11) is 0. The third-order valence-electron chi connectivity index (χ3n) is 2.72. The van der Waals surface area contributed by atoms with Crippen molar-refractivity contribution in [1.82, 2.24) is 4.90 Å². The SMILES string of the molecule is CCC1CCN(C(=O)CN)CC1. The van der Waals surface area contributed by atoms with E-state index >= 15 is 0 Å². The molecule has 1 heterocycles.